The van der Waals surface area contributed by atoms with Crippen LogP contribution in [0.4, 0.5) is 13.2 Å². The minimum absolute atomic E-state index is 0.0807. The van der Waals surface area contributed by atoms with Crippen LogP contribution in [0.15, 0.2) is 52.0 Å². The molecule has 0 N–H and O–H groups in total. The van der Waals surface area contributed by atoms with E-state index in [9.17, 15) is 21.6 Å². The number of ether oxygens (including phenoxy) is 1. The van der Waals surface area contributed by atoms with Gasteiger partial charge in [0.1, 0.15) is 4.90 Å². The summed E-state index contributed by atoms with van der Waals surface area (Å²) < 4.78 is 68.9. The van der Waals surface area contributed by atoms with E-state index in [1.54, 1.807) is 31.3 Å². The quantitative estimate of drug-likeness (QED) is 0.636. The van der Waals surface area contributed by atoms with E-state index in [4.69, 9.17) is 0 Å². The fourth-order valence-electron chi connectivity index (χ4n) is 2.27. The van der Waals surface area contributed by atoms with Crippen molar-refractivity contribution < 1.29 is 26.3 Å². The number of benzene rings is 1. The van der Waals surface area contributed by atoms with Crippen LogP contribution < -0.4 is 4.74 Å². The van der Waals surface area contributed by atoms with Gasteiger partial charge in [-0.05, 0) is 30.3 Å². The van der Waals surface area contributed by atoms with Crippen LogP contribution in [0.1, 0.15) is 12.6 Å². The predicted octanol–water partition coefficient (Wildman–Crippen LogP) is 4.00. The SMILES string of the molecule is CCN(CCc1ccccn1)S(=O)(=O)c1ccc(Br)cc1OC(F)(F)F. The average molecular weight is 453 g/mol. The third-order valence-corrected chi connectivity index (χ3v) is 5.95. The van der Waals surface area contributed by atoms with Gasteiger partial charge in [-0.2, -0.15) is 4.31 Å². The standard InChI is InChI=1S/C16H16BrF3N2O3S/c1-2-22(10-8-13-5-3-4-9-21-13)26(23,24)15-7-6-12(17)11-14(15)25-16(18,19)20/h3-7,9,11H,2,8,10H2,1H3. The first-order valence-electron chi connectivity index (χ1n) is 7.59. The Balaban J connectivity index is 2.32. The number of halogens is 4. The van der Waals surface area contributed by atoms with Gasteiger partial charge in [0.05, 0.1) is 0 Å². The molecule has 0 unspecified atom stereocenters. The molecule has 0 radical (unpaired) electrons. The minimum atomic E-state index is -5.00. The molecule has 26 heavy (non-hydrogen) atoms. The zero-order valence-corrected chi connectivity index (χ0v) is 16.1. The van der Waals surface area contributed by atoms with Gasteiger partial charge in [0.25, 0.3) is 0 Å². The average Bonchev–Trinajstić information content (AvgIpc) is 2.54. The Kier molecular flexibility index (Phi) is 6.64. The second kappa shape index (κ2) is 8.36. The highest BCUT2D eigenvalue weighted by molar-refractivity contribution is 9.10. The third-order valence-electron chi connectivity index (χ3n) is 3.45. The molecular formula is C16H16BrF3N2O3S. The number of nitrogens with zero attached hydrogens (tertiary/aromatic N) is 2. The Labute approximate surface area is 158 Å². The number of likely N-dealkylation sites (N-methyl/N-ethyl adjacent to an activating group) is 1. The Bertz CT molecular complexity index is 846. The highest BCUT2D eigenvalue weighted by atomic mass is 79.9. The van der Waals surface area contributed by atoms with E-state index in [0.29, 0.717) is 12.1 Å². The molecule has 2 rings (SSSR count). The smallest absolute Gasteiger partial charge is 0.404 e. The summed E-state index contributed by atoms with van der Waals surface area (Å²) in [6.07, 6.45) is -3.08. The van der Waals surface area contributed by atoms with E-state index < -0.39 is 27.0 Å². The topological polar surface area (TPSA) is 59.5 Å². The second-order valence-electron chi connectivity index (χ2n) is 5.21. The number of pyridine rings is 1. The number of hydrogen-bond acceptors (Lipinski definition) is 4. The fraction of sp³-hybridized carbons (Fsp3) is 0.312. The summed E-state index contributed by atoms with van der Waals surface area (Å²) >= 11 is 3.02. The summed E-state index contributed by atoms with van der Waals surface area (Å²) in [5.74, 6) is -0.775. The van der Waals surface area contributed by atoms with E-state index in [1.807, 2.05) is 0 Å². The Hall–Kier alpha value is -1.65. The Morgan fingerprint density at radius 2 is 1.96 bits per heavy atom. The van der Waals surface area contributed by atoms with E-state index >= 15 is 0 Å². The van der Waals surface area contributed by atoms with Crippen LogP contribution in [0.3, 0.4) is 0 Å². The van der Waals surface area contributed by atoms with Gasteiger partial charge >= 0.3 is 6.36 Å². The molecule has 142 valence electrons. The lowest BCUT2D eigenvalue weighted by atomic mass is 10.3. The molecule has 1 heterocycles. The van der Waals surface area contributed by atoms with Gasteiger partial charge in [0.15, 0.2) is 5.75 Å². The summed E-state index contributed by atoms with van der Waals surface area (Å²) in [6.45, 7) is 1.78. The maximum atomic E-state index is 12.8. The van der Waals surface area contributed by atoms with Gasteiger partial charge in [-0.25, -0.2) is 8.42 Å². The largest absolute Gasteiger partial charge is 0.573 e. The van der Waals surface area contributed by atoms with E-state index in [2.05, 4.69) is 25.7 Å². The first-order valence-corrected chi connectivity index (χ1v) is 9.82. The van der Waals surface area contributed by atoms with E-state index in [-0.39, 0.29) is 17.6 Å². The predicted molar refractivity (Wildman–Crippen MR) is 93.2 cm³/mol. The summed E-state index contributed by atoms with van der Waals surface area (Å²) in [6, 6.07) is 8.68. The first kappa shape index (κ1) is 20.7. The fourth-order valence-corrected chi connectivity index (χ4v) is 4.16. The summed E-state index contributed by atoms with van der Waals surface area (Å²) in [4.78, 5) is 3.58. The lowest BCUT2D eigenvalue weighted by Crippen LogP contribution is -2.33. The molecule has 0 saturated carbocycles. The molecule has 0 aliphatic carbocycles. The van der Waals surface area contributed by atoms with Crippen molar-refractivity contribution in [2.45, 2.75) is 24.6 Å². The zero-order chi connectivity index (χ0) is 19.4. The number of rotatable bonds is 7. The second-order valence-corrected chi connectivity index (χ2v) is 8.03. The van der Waals surface area contributed by atoms with E-state index in [1.165, 1.54) is 6.07 Å². The Morgan fingerprint density at radius 1 is 1.23 bits per heavy atom. The molecule has 0 aliphatic heterocycles. The van der Waals surface area contributed by atoms with Crippen LogP contribution in [0.25, 0.3) is 0 Å². The molecule has 0 saturated heterocycles. The number of hydrogen-bond donors (Lipinski definition) is 0. The Morgan fingerprint density at radius 3 is 2.54 bits per heavy atom. The lowest BCUT2D eigenvalue weighted by Gasteiger charge is -2.22. The van der Waals surface area contributed by atoms with Gasteiger partial charge in [0.2, 0.25) is 10.0 Å². The molecule has 0 spiro atoms. The molecular weight excluding hydrogens is 437 g/mol. The van der Waals surface area contributed by atoms with Crippen LogP contribution in [0.5, 0.6) is 5.75 Å². The van der Waals surface area contributed by atoms with Gasteiger partial charge < -0.3 is 4.74 Å². The molecule has 10 heteroatoms. The maximum Gasteiger partial charge on any atom is 0.573 e. The van der Waals surface area contributed by atoms with Crippen molar-refractivity contribution >= 4 is 26.0 Å². The van der Waals surface area contributed by atoms with Crippen molar-refractivity contribution in [3.63, 3.8) is 0 Å². The first-order chi connectivity index (χ1) is 12.1. The molecule has 1 aromatic carbocycles. The van der Waals surface area contributed by atoms with Gasteiger partial charge in [-0.1, -0.05) is 28.9 Å². The van der Waals surface area contributed by atoms with Crippen molar-refractivity contribution in [1.82, 2.24) is 9.29 Å². The van der Waals surface area contributed by atoms with Crippen LogP contribution >= 0.6 is 15.9 Å². The zero-order valence-electron chi connectivity index (χ0n) is 13.7. The maximum absolute atomic E-state index is 12.8. The molecule has 2 aromatic rings. The normalized spacial score (nSPS) is 12.4. The minimum Gasteiger partial charge on any atom is -0.404 e. The molecule has 0 amide bonds. The molecule has 0 aliphatic rings. The molecule has 0 fully saturated rings. The van der Waals surface area contributed by atoms with Crippen LogP contribution in [-0.4, -0.2) is 37.2 Å². The van der Waals surface area contributed by atoms with Crippen molar-refractivity contribution in [3.05, 3.63) is 52.8 Å². The third kappa shape index (κ3) is 5.42. The summed E-state index contributed by atoms with van der Waals surface area (Å²) in [5.41, 5.74) is 0.684. The summed E-state index contributed by atoms with van der Waals surface area (Å²) in [7, 11) is -4.18. The highest BCUT2D eigenvalue weighted by Crippen LogP contribution is 2.33. The number of aromatic nitrogens is 1. The number of sulfonamides is 1. The van der Waals surface area contributed by atoms with Crippen LogP contribution in [0, 0.1) is 0 Å². The molecule has 5 nitrogen and oxygen atoms in total. The lowest BCUT2D eigenvalue weighted by molar-refractivity contribution is -0.275. The van der Waals surface area contributed by atoms with Gasteiger partial charge in [-0.15, -0.1) is 13.2 Å². The van der Waals surface area contributed by atoms with Crippen LogP contribution in [0.2, 0.25) is 0 Å². The molecule has 0 bridgehead atoms. The molecule has 1 aromatic heterocycles. The van der Waals surface area contributed by atoms with Gasteiger partial charge in [-0.3, -0.25) is 4.98 Å². The van der Waals surface area contributed by atoms with Gasteiger partial charge in [0, 0.05) is 35.9 Å². The van der Waals surface area contributed by atoms with Crippen molar-refractivity contribution in [3.8, 4) is 5.75 Å². The van der Waals surface area contributed by atoms with E-state index in [0.717, 1.165) is 16.4 Å². The molecule has 0 atom stereocenters. The highest BCUT2D eigenvalue weighted by Gasteiger charge is 2.35. The van der Waals surface area contributed by atoms with Crippen LogP contribution in [-0.2, 0) is 16.4 Å². The van der Waals surface area contributed by atoms with Crippen molar-refractivity contribution in [2.24, 2.45) is 0 Å². The summed E-state index contributed by atoms with van der Waals surface area (Å²) in [5, 5.41) is 0. The number of alkyl halides is 3. The van der Waals surface area contributed by atoms with Crippen molar-refractivity contribution in [1.29, 1.82) is 0 Å². The monoisotopic (exact) mass is 452 g/mol. The van der Waals surface area contributed by atoms with Crippen molar-refractivity contribution in [2.75, 3.05) is 13.1 Å².